The predicted octanol–water partition coefficient (Wildman–Crippen LogP) is 1.87. The lowest BCUT2D eigenvalue weighted by Crippen LogP contribution is -2.23. The topological polar surface area (TPSA) is 82.2 Å². The maximum absolute atomic E-state index is 12.1. The minimum absolute atomic E-state index is 0.242. The summed E-state index contributed by atoms with van der Waals surface area (Å²) in [6.07, 6.45) is 0. The van der Waals surface area contributed by atoms with Crippen LogP contribution < -0.4 is 10.4 Å². The van der Waals surface area contributed by atoms with Crippen molar-refractivity contribution in [1.82, 2.24) is 19.8 Å². The molecule has 3 aromatic rings. The number of hydrogen-bond acceptors (Lipinski definition) is 5. The van der Waals surface area contributed by atoms with Crippen molar-refractivity contribution in [3.05, 3.63) is 63.6 Å². The molecule has 0 aliphatic heterocycles. The highest BCUT2D eigenvalue weighted by atomic mass is 16.5. The van der Waals surface area contributed by atoms with Crippen molar-refractivity contribution in [3.63, 3.8) is 0 Å². The molecule has 0 saturated heterocycles. The zero-order valence-electron chi connectivity index (χ0n) is 13.7. The van der Waals surface area contributed by atoms with E-state index in [-0.39, 0.29) is 18.0 Å². The Morgan fingerprint density at radius 1 is 1.12 bits per heavy atom. The van der Waals surface area contributed by atoms with Crippen molar-refractivity contribution in [2.75, 3.05) is 0 Å². The number of phenols is 1. The number of aryl methyl sites for hydroxylation is 3. The van der Waals surface area contributed by atoms with Crippen LogP contribution in [0.3, 0.4) is 0 Å². The first-order chi connectivity index (χ1) is 11.5. The standard InChI is InChI=1S/C17H18N4O3/c1-11-9-16(12(2)8-15(11)22)24-10-13-6-4-5-7-14(13)21-17(23)20(3)18-19-21/h4-9,22H,10H2,1-3H3. The lowest BCUT2D eigenvalue weighted by atomic mass is 10.1. The van der Waals surface area contributed by atoms with Crippen LogP contribution in [0.15, 0.2) is 41.2 Å². The zero-order chi connectivity index (χ0) is 17.3. The van der Waals surface area contributed by atoms with E-state index in [0.29, 0.717) is 11.4 Å². The molecule has 0 bridgehead atoms. The summed E-state index contributed by atoms with van der Waals surface area (Å²) < 4.78 is 8.30. The van der Waals surface area contributed by atoms with Gasteiger partial charge in [-0.1, -0.05) is 18.2 Å². The van der Waals surface area contributed by atoms with Gasteiger partial charge in [0, 0.05) is 12.6 Å². The number of hydrogen-bond donors (Lipinski definition) is 1. The molecule has 0 aliphatic carbocycles. The van der Waals surface area contributed by atoms with Crippen LogP contribution in [0, 0.1) is 13.8 Å². The zero-order valence-corrected chi connectivity index (χ0v) is 13.7. The summed E-state index contributed by atoms with van der Waals surface area (Å²) in [7, 11) is 1.55. The Bertz CT molecular complexity index is 943. The molecule has 3 rings (SSSR count). The normalized spacial score (nSPS) is 10.8. The van der Waals surface area contributed by atoms with Gasteiger partial charge < -0.3 is 9.84 Å². The predicted molar refractivity (Wildman–Crippen MR) is 88.5 cm³/mol. The number of phenolic OH excluding ortho intramolecular Hbond substituents is 1. The number of rotatable bonds is 4. The summed E-state index contributed by atoms with van der Waals surface area (Å²) in [6.45, 7) is 3.95. The molecule has 1 aromatic heterocycles. The Balaban J connectivity index is 1.91. The highest BCUT2D eigenvalue weighted by Crippen LogP contribution is 2.27. The molecule has 124 valence electrons. The van der Waals surface area contributed by atoms with Crippen molar-refractivity contribution in [1.29, 1.82) is 0 Å². The molecule has 0 aliphatic rings. The molecule has 0 saturated carbocycles. The largest absolute Gasteiger partial charge is 0.508 e. The summed E-state index contributed by atoms with van der Waals surface area (Å²) in [6, 6.07) is 10.8. The van der Waals surface area contributed by atoms with Crippen molar-refractivity contribution in [2.45, 2.75) is 20.5 Å². The Kier molecular flexibility index (Phi) is 4.07. The summed E-state index contributed by atoms with van der Waals surface area (Å²) in [5.74, 6) is 0.929. The van der Waals surface area contributed by atoms with E-state index in [9.17, 15) is 9.90 Å². The summed E-state index contributed by atoms with van der Waals surface area (Å²) in [5.41, 5.74) is 2.70. The fourth-order valence-corrected chi connectivity index (χ4v) is 2.39. The van der Waals surface area contributed by atoms with E-state index < -0.39 is 0 Å². The van der Waals surface area contributed by atoms with Crippen LogP contribution in [-0.2, 0) is 13.7 Å². The van der Waals surface area contributed by atoms with Crippen molar-refractivity contribution in [3.8, 4) is 17.2 Å². The highest BCUT2D eigenvalue weighted by molar-refractivity contribution is 5.45. The second kappa shape index (κ2) is 6.19. The molecule has 24 heavy (non-hydrogen) atoms. The SMILES string of the molecule is Cc1cc(OCc2ccccc2-n2nnn(C)c2=O)c(C)cc1O. The fourth-order valence-electron chi connectivity index (χ4n) is 2.39. The van der Waals surface area contributed by atoms with Gasteiger partial charge in [0.1, 0.15) is 18.1 Å². The van der Waals surface area contributed by atoms with Gasteiger partial charge in [0.05, 0.1) is 5.69 Å². The maximum Gasteiger partial charge on any atom is 0.368 e. The molecule has 0 fully saturated rings. The lowest BCUT2D eigenvalue weighted by Gasteiger charge is -2.13. The highest BCUT2D eigenvalue weighted by Gasteiger charge is 2.12. The van der Waals surface area contributed by atoms with E-state index in [1.165, 1.54) is 9.36 Å². The van der Waals surface area contributed by atoms with Crippen molar-refractivity contribution in [2.24, 2.45) is 7.05 Å². The van der Waals surface area contributed by atoms with Gasteiger partial charge >= 0.3 is 5.69 Å². The van der Waals surface area contributed by atoms with Crippen LogP contribution in [0.2, 0.25) is 0 Å². The van der Waals surface area contributed by atoms with Gasteiger partial charge in [-0.3, -0.25) is 0 Å². The number of para-hydroxylation sites is 1. The molecule has 0 radical (unpaired) electrons. The molecule has 0 atom stereocenters. The number of nitrogens with zero attached hydrogens (tertiary/aromatic N) is 4. The number of aromatic nitrogens is 4. The van der Waals surface area contributed by atoms with Crippen LogP contribution in [0.1, 0.15) is 16.7 Å². The third-order valence-electron chi connectivity index (χ3n) is 3.82. The van der Waals surface area contributed by atoms with Crippen LogP contribution in [0.25, 0.3) is 5.69 Å². The Morgan fingerprint density at radius 2 is 1.88 bits per heavy atom. The van der Waals surface area contributed by atoms with E-state index in [4.69, 9.17) is 4.74 Å². The van der Waals surface area contributed by atoms with Gasteiger partial charge in [0.2, 0.25) is 0 Å². The molecule has 0 spiro atoms. The first-order valence-electron chi connectivity index (χ1n) is 7.47. The average Bonchev–Trinajstić information content (AvgIpc) is 2.89. The second-order valence-electron chi connectivity index (χ2n) is 5.62. The van der Waals surface area contributed by atoms with Gasteiger partial charge in [-0.15, -0.1) is 0 Å². The third-order valence-corrected chi connectivity index (χ3v) is 3.82. The second-order valence-corrected chi connectivity index (χ2v) is 5.62. The quantitative estimate of drug-likeness (QED) is 0.791. The minimum Gasteiger partial charge on any atom is -0.508 e. The first kappa shape index (κ1) is 15.8. The van der Waals surface area contributed by atoms with E-state index in [2.05, 4.69) is 10.4 Å². The molecule has 0 amide bonds. The third kappa shape index (κ3) is 2.88. The number of benzene rings is 2. The van der Waals surface area contributed by atoms with Crippen molar-refractivity contribution < 1.29 is 9.84 Å². The smallest absolute Gasteiger partial charge is 0.368 e. The monoisotopic (exact) mass is 326 g/mol. The molecule has 1 N–H and O–H groups in total. The van der Waals surface area contributed by atoms with Gasteiger partial charge in [-0.25, -0.2) is 4.79 Å². The van der Waals surface area contributed by atoms with Gasteiger partial charge in [-0.05, 0) is 53.6 Å². The maximum atomic E-state index is 12.1. The summed E-state index contributed by atoms with van der Waals surface area (Å²) in [5, 5.41) is 17.3. The van der Waals surface area contributed by atoms with E-state index in [1.807, 2.05) is 32.0 Å². The Labute approximate surface area is 138 Å². The van der Waals surface area contributed by atoms with E-state index in [1.54, 1.807) is 25.2 Å². The Morgan fingerprint density at radius 3 is 2.58 bits per heavy atom. The first-order valence-corrected chi connectivity index (χ1v) is 7.47. The molecule has 0 unspecified atom stereocenters. The van der Waals surface area contributed by atoms with Crippen LogP contribution in [0.4, 0.5) is 0 Å². The average molecular weight is 326 g/mol. The summed E-state index contributed by atoms with van der Waals surface area (Å²) >= 11 is 0. The number of aromatic hydroxyl groups is 1. The Hall–Kier alpha value is -3.09. The van der Waals surface area contributed by atoms with Gasteiger partial charge in [0.25, 0.3) is 0 Å². The van der Waals surface area contributed by atoms with E-state index in [0.717, 1.165) is 16.7 Å². The number of ether oxygens (including phenoxy) is 1. The number of tetrazole rings is 1. The van der Waals surface area contributed by atoms with Gasteiger partial charge in [-0.2, -0.15) is 9.36 Å². The van der Waals surface area contributed by atoms with Crippen LogP contribution >= 0.6 is 0 Å². The van der Waals surface area contributed by atoms with E-state index >= 15 is 0 Å². The minimum atomic E-state index is -0.320. The van der Waals surface area contributed by atoms with Crippen LogP contribution in [-0.4, -0.2) is 24.9 Å². The molecular weight excluding hydrogens is 308 g/mol. The summed E-state index contributed by atoms with van der Waals surface area (Å²) in [4.78, 5) is 12.1. The van der Waals surface area contributed by atoms with Gasteiger partial charge in [0.15, 0.2) is 0 Å². The fraction of sp³-hybridized carbons (Fsp3) is 0.235. The molecule has 1 heterocycles. The lowest BCUT2D eigenvalue weighted by molar-refractivity contribution is 0.302. The molecule has 2 aromatic carbocycles. The van der Waals surface area contributed by atoms with Crippen LogP contribution in [0.5, 0.6) is 11.5 Å². The molecule has 7 nitrogen and oxygen atoms in total. The molecular formula is C17H18N4O3. The molecule has 7 heteroatoms. The van der Waals surface area contributed by atoms with Crippen molar-refractivity contribution >= 4 is 0 Å².